The Balaban J connectivity index is 0.00000176. The maximum atomic E-state index is 11.8. The van der Waals surface area contributed by atoms with Gasteiger partial charge in [0.1, 0.15) is 0 Å². The van der Waals surface area contributed by atoms with Crippen LogP contribution in [-0.2, 0) is 11.2 Å². The molecule has 2 aromatic rings. The van der Waals surface area contributed by atoms with Crippen molar-refractivity contribution < 1.29 is 9.32 Å². The highest BCUT2D eigenvalue weighted by atomic mass is 35.5. The SMILES string of the molecule is Cl.Nc1ccccc1NC(=O)CCCc1nc(C2CC2)no1. The van der Waals surface area contributed by atoms with Gasteiger partial charge in [-0.05, 0) is 31.4 Å². The van der Waals surface area contributed by atoms with Crippen LogP contribution in [0.25, 0.3) is 0 Å². The number of amides is 1. The minimum Gasteiger partial charge on any atom is -0.397 e. The first-order valence-corrected chi connectivity index (χ1v) is 7.19. The fourth-order valence-corrected chi connectivity index (χ4v) is 2.10. The first kappa shape index (κ1) is 16.3. The maximum Gasteiger partial charge on any atom is 0.226 e. The van der Waals surface area contributed by atoms with Crippen LogP contribution in [-0.4, -0.2) is 16.0 Å². The molecule has 0 bridgehead atoms. The van der Waals surface area contributed by atoms with Gasteiger partial charge in [-0.2, -0.15) is 4.98 Å². The summed E-state index contributed by atoms with van der Waals surface area (Å²) in [4.78, 5) is 16.2. The number of nitrogens with one attached hydrogen (secondary N) is 1. The number of rotatable bonds is 6. The Morgan fingerprint density at radius 3 is 2.86 bits per heavy atom. The Labute approximate surface area is 134 Å². The Kier molecular flexibility index (Phi) is 5.38. The summed E-state index contributed by atoms with van der Waals surface area (Å²) in [6, 6.07) is 7.21. The predicted molar refractivity (Wildman–Crippen MR) is 85.9 cm³/mol. The molecule has 1 aliphatic carbocycles. The van der Waals surface area contributed by atoms with Crippen molar-refractivity contribution in [3.05, 3.63) is 36.0 Å². The lowest BCUT2D eigenvalue weighted by Gasteiger charge is -2.06. The van der Waals surface area contributed by atoms with Gasteiger partial charge in [0.05, 0.1) is 11.4 Å². The lowest BCUT2D eigenvalue weighted by atomic mass is 10.2. The fraction of sp³-hybridized carbons (Fsp3) is 0.400. The topological polar surface area (TPSA) is 94.0 Å². The van der Waals surface area contributed by atoms with Crippen LogP contribution in [0.2, 0.25) is 0 Å². The van der Waals surface area contributed by atoms with Gasteiger partial charge >= 0.3 is 0 Å². The number of hydrogen-bond acceptors (Lipinski definition) is 5. The van der Waals surface area contributed by atoms with Crippen LogP contribution >= 0.6 is 12.4 Å². The van der Waals surface area contributed by atoms with Crippen LogP contribution in [0.1, 0.15) is 43.3 Å². The maximum absolute atomic E-state index is 11.8. The van der Waals surface area contributed by atoms with Crippen molar-refractivity contribution in [1.29, 1.82) is 0 Å². The van der Waals surface area contributed by atoms with Gasteiger partial charge in [0.2, 0.25) is 11.8 Å². The van der Waals surface area contributed by atoms with Crippen LogP contribution in [0.5, 0.6) is 0 Å². The third-order valence-corrected chi connectivity index (χ3v) is 3.46. The molecule has 1 fully saturated rings. The normalized spacial score (nSPS) is 13.5. The highest BCUT2D eigenvalue weighted by Gasteiger charge is 2.28. The molecule has 1 amide bonds. The second-order valence-electron chi connectivity index (χ2n) is 5.31. The van der Waals surface area contributed by atoms with E-state index in [1.54, 1.807) is 12.1 Å². The number of aromatic nitrogens is 2. The molecule has 3 rings (SSSR count). The zero-order valence-corrected chi connectivity index (χ0v) is 12.9. The minimum atomic E-state index is -0.0603. The van der Waals surface area contributed by atoms with E-state index in [1.807, 2.05) is 12.1 Å². The van der Waals surface area contributed by atoms with Gasteiger partial charge in [0.15, 0.2) is 5.82 Å². The van der Waals surface area contributed by atoms with Crippen LogP contribution in [0, 0.1) is 0 Å². The van der Waals surface area contributed by atoms with Crippen molar-refractivity contribution in [1.82, 2.24) is 10.1 Å². The Morgan fingerprint density at radius 2 is 2.14 bits per heavy atom. The summed E-state index contributed by atoms with van der Waals surface area (Å²) in [6.45, 7) is 0. The fourth-order valence-electron chi connectivity index (χ4n) is 2.10. The second-order valence-corrected chi connectivity index (χ2v) is 5.31. The number of carbonyl (C=O) groups is 1. The molecule has 6 nitrogen and oxygen atoms in total. The number of carbonyl (C=O) groups excluding carboxylic acids is 1. The smallest absolute Gasteiger partial charge is 0.226 e. The quantitative estimate of drug-likeness (QED) is 0.797. The molecule has 0 aliphatic heterocycles. The van der Waals surface area contributed by atoms with E-state index in [0.29, 0.717) is 42.4 Å². The minimum absolute atomic E-state index is 0. The predicted octanol–water partition coefficient (Wildman–Crippen LogP) is 2.91. The highest BCUT2D eigenvalue weighted by molar-refractivity contribution is 5.93. The third kappa shape index (κ3) is 4.21. The molecule has 0 atom stereocenters. The molecule has 0 saturated heterocycles. The molecule has 118 valence electrons. The van der Waals surface area contributed by atoms with E-state index >= 15 is 0 Å². The number of halogens is 1. The molecular formula is C15H19ClN4O2. The molecule has 1 saturated carbocycles. The first-order chi connectivity index (χ1) is 10.2. The lowest BCUT2D eigenvalue weighted by molar-refractivity contribution is -0.116. The first-order valence-electron chi connectivity index (χ1n) is 7.19. The molecule has 1 aromatic heterocycles. The third-order valence-electron chi connectivity index (χ3n) is 3.46. The number of nitrogens with two attached hydrogens (primary N) is 1. The molecule has 0 unspecified atom stereocenters. The van der Waals surface area contributed by atoms with Gasteiger partial charge in [0.25, 0.3) is 0 Å². The van der Waals surface area contributed by atoms with E-state index in [1.165, 1.54) is 0 Å². The molecular weight excluding hydrogens is 304 g/mol. The Bertz CT molecular complexity index is 640. The summed E-state index contributed by atoms with van der Waals surface area (Å²) in [5, 5.41) is 6.75. The summed E-state index contributed by atoms with van der Waals surface area (Å²) >= 11 is 0. The standard InChI is InChI=1S/C15H18N4O2.ClH/c16-11-4-1-2-5-12(11)17-13(20)6-3-7-14-18-15(19-21-14)10-8-9-10;/h1-2,4-5,10H,3,6-9,16H2,(H,17,20);1H. The molecule has 22 heavy (non-hydrogen) atoms. The number of anilines is 2. The van der Waals surface area contributed by atoms with Crippen molar-refractivity contribution in [3.63, 3.8) is 0 Å². The number of nitrogens with zero attached hydrogens (tertiary/aromatic N) is 2. The van der Waals surface area contributed by atoms with Crippen LogP contribution < -0.4 is 11.1 Å². The van der Waals surface area contributed by atoms with Gasteiger partial charge in [-0.15, -0.1) is 12.4 Å². The number of nitrogen functional groups attached to an aromatic ring is 1. The molecule has 0 radical (unpaired) electrons. The van der Waals surface area contributed by atoms with Gasteiger partial charge in [-0.1, -0.05) is 17.3 Å². The number of benzene rings is 1. The van der Waals surface area contributed by atoms with Crippen molar-refractivity contribution in [3.8, 4) is 0 Å². The largest absolute Gasteiger partial charge is 0.397 e. The monoisotopic (exact) mass is 322 g/mol. The zero-order chi connectivity index (χ0) is 14.7. The lowest BCUT2D eigenvalue weighted by Crippen LogP contribution is -2.12. The van der Waals surface area contributed by atoms with Gasteiger partial charge < -0.3 is 15.6 Å². The number of aryl methyl sites for hydroxylation is 1. The van der Waals surface area contributed by atoms with Crippen LogP contribution in [0.3, 0.4) is 0 Å². The van der Waals surface area contributed by atoms with Crippen molar-refractivity contribution >= 4 is 29.7 Å². The molecule has 1 aliphatic rings. The van der Waals surface area contributed by atoms with E-state index in [2.05, 4.69) is 15.5 Å². The summed E-state index contributed by atoms with van der Waals surface area (Å²) in [6.07, 6.45) is 4.00. The molecule has 7 heteroatoms. The molecule has 0 spiro atoms. The number of hydrogen-bond donors (Lipinski definition) is 2. The van der Waals surface area contributed by atoms with E-state index in [-0.39, 0.29) is 18.3 Å². The van der Waals surface area contributed by atoms with Crippen molar-refractivity contribution in [2.24, 2.45) is 0 Å². The van der Waals surface area contributed by atoms with Crippen molar-refractivity contribution in [2.45, 2.75) is 38.0 Å². The zero-order valence-electron chi connectivity index (χ0n) is 12.1. The average Bonchev–Trinajstić information content (AvgIpc) is 3.22. The second kappa shape index (κ2) is 7.26. The molecule has 1 heterocycles. The van der Waals surface area contributed by atoms with Gasteiger partial charge in [-0.25, -0.2) is 0 Å². The molecule has 1 aromatic carbocycles. The van der Waals surface area contributed by atoms with E-state index < -0.39 is 0 Å². The van der Waals surface area contributed by atoms with Crippen LogP contribution in [0.4, 0.5) is 11.4 Å². The average molecular weight is 323 g/mol. The van der Waals surface area contributed by atoms with Gasteiger partial charge in [-0.3, -0.25) is 4.79 Å². The molecule has 3 N–H and O–H groups in total. The Hall–Kier alpha value is -2.08. The van der Waals surface area contributed by atoms with Gasteiger partial charge in [0, 0.05) is 18.8 Å². The highest BCUT2D eigenvalue weighted by Crippen LogP contribution is 2.38. The van der Waals surface area contributed by atoms with Crippen LogP contribution in [0.15, 0.2) is 28.8 Å². The summed E-state index contributed by atoms with van der Waals surface area (Å²) < 4.78 is 5.17. The summed E-state index contributed by atoms with van der Waals surface area (Å²) in [7, 11) is 0. The van der Waals surface area contributed by atoms with Crippen molar-refractivity contribution in [2.75, 3.05) is 11.1 Å². The van der Waals surface area contributed by atoms with E-state index in [9.17, 15) is 4.79 Å². The van der Waals surface area contributed by atoms with E-state index in [0.717, 1.165) is 18.7 Å². The summed E-state index contributed by atoms with van der Waals surface area (Å²) in [5.41, 5.74) is 6.99. The summed E-state index contributed by atoms with van der Waals surface area (Å²) in [5.74, 6) is 1.86. The van der Waals surface area contributed by atoms with E-state index in [4.69, 9.17) is 10.3 Å². The number of para-hydroxylation sites is 2. The Morgan fingerprint density at radius 1 is 1.36 bits per heavy atom.